The Morgan fingerprint density at radius 2 is 1.96 bits per heavy atom. The minimum atomic E-state index is -0.337. The van der Waals surface area contributed by atoms with Gasteiger partial charge in [0.25, 0.3) is 0 Å². The van der Waals surface area contributed by atoms with Crippen LogP contribution in [0, 0.1) is 5.82 Å². The minimum absolute atomic E-state index is 0.128. The van der Waals surface area contributed by atoms with Gasteiger partial charge in [-0.05, 0) is 30.5 Å². The van der Waals surface area contributed by atoms with Crippen LogP contribution in [0.5, 0.6) is 0 Å². The lowest BCUT2D eigenvalue weighted by atomic mass is 9.97. The van der Waals surface area contributed by atoms with E-state index in [0.29, 0.717) is 30.1 Å². The molecular weight excluding hydrogens is 335 g/mol. The van der Waals surface area contributed by atoms with E-state index in [4.69, 9.17) is 9.15 Å². The molecule has 0 saturated carbocycles. The molecule has 2 heterocycles. The zero-order chi connectivity index (χ0) is 17.9. The zero-order valence-corrected chi connectivity index (χ0v) is 14.2. The van der Waals surface area contributed by atoms with E-state index >= 15 is 0 Å². The Bertz CT molecular complexity index is 902. The predicted molar refractivity (Wildman–Crippen MR) is 94.1 cm³/mol. The fraction of sp³-hybridized carbons (Fsp3) is 0.300. The Balaban J connectivity index is 1.33. The van der Waals surface area contributed by atoms with Gasteiger partial charge < -0.3 is 14.1 Å². The average Bonchev–Trinajstić information content (AvgIpc) is 3.10. The molecule has 4 rings (SSSR count). The van der Waals surface area contributed by atoms with Crippen molar-refractivity contribution in [2.75, 3.05) is 13.1 Å². The molecule has 1 aliphatic heterocycles. The van der Waals surface area contributed by atoms with E-state index in [1.807, 2.05) is 30.3 Å². The number of fused-ring (bicyclic) bond motifs is 1. The number of benzene rings is 2. The molecule has 1 aromatic heterocycles. The maximum absolute atomic E-state index is 13.3. The summed E-state index contributed by atoms with van der Waals surface area (Å²) in [5, 5.41) is 0. The molecule has 0 radical (unpaired) electrons. The lowest BCUT2D eigenvalue weighted by Crippen LogP contribution is -2.38. The largest absolute Gasteiger partial charge is 0.445 e. The van der Waals surface area contributed by atoms with Crippen LogP contribution in [0.2, 0.25) is 0 Å². The molecule has 0 bridgehead atoms. The van der Waals surface area contributed by atoms with Gasteiger partial charge >= 0.3 is 6.09 Å². The Labute approximate surface area is 150 Å². The van der Waals surface area contributed by atoms with Crippen molar-refractivity contribution in [3.05, 3.63) is 65.8 Å². The van der Waals surface area contributed by atoms with Crippen molar-refractivity contribution in [2.24, 2.45) is 0 Å². The highest BCUT2D eigenvalue weighted by molar-refractivity contribution is 5.72. The topological polar surface area (TPSA) is 55.6 Å². The van der Waals surface area contributed by atoms with Crippen LogP contribution in [0.1, 0.15) is 30.2 Å². The highest BCUT2D eigenvalue weighted by atomic mass is 19.1. The first-order valence-corrected chi connectivity index (χ1v) is 8.70. The first kappa shape index (κ1) is 16.6. The lowest BCUT2D eigenvalue weighted by Gasteiger charge is -2.29. The van der Waals surface area contributed by atoms with Gasteiger partial charge in [-0.3, -0.25) is 0 Å². The van der Waals surface area contributed by atoms with E-state index in [1.165, 1.54) is 12.1 Å². The average molecular weight is 354 g/mol. The number of ether oxygens (including phenoxy) is 1. The molecule has 6 heteroatoms. The van der Waals surface area contributed by atoms with Gasteiger partial charge in [-0.2, -0.15) is 0 Å². The third-order valence-electron chi connectivity index (χ3n) is 4.67. The molecule has 0 aliphatic carbocycles. The molecule has 1 amide bonds. The number of halogens is 1. The molecule has 26 heavy (non-hydrogen) atoms. The quantitative estimate of drug-likeness (QED) is 0.696. The molecule has 1 saturated heterocycles. The summed E-state index contributed by atoms with van der Waals surface area (Å²) >= 11 is 0. The second kappa shape index (κ2) is 7.15. The Hall–Kier alpha value is -2.89. The number of carbonyl (C=O) groups excluding carboxylic acids is 1. The van der Waals surface area contributed by atoms with Gasteiger partial charge in [0, 0.05) is 25.1 Å². The summed E-state index contributed by atoms with van der Waals surface area (Å²) in [7, 11) is 0. The SMILES string of the molecule is O=C(OCc1ccccc1)N1CCC(c2nc3ccc(F)cc3o2)CC1. The zero-order valence-electron chi connectivity index (χ0n) is 14.2. The van der Waals surface area contributed by atoms with E-state index in [-0.39, 0.29) is 24.4 Å². The van der Waals surface area contributed by atoms with Crippen LogP contribution in [-0.2, 0) is 11.3 Å². The van der Waals surface area contributed by atoms with Crippen molar-refractivity contribution < 1.29 is 18.3 Å². The van der Waals surface area contributed by atoms with Crippen molar-refractivity contribution in [2.45, 2.75) is 25.4 Å². The normalized spacial score (nSPS) is 15.3. The Morgan fingerprint density at radius 1 is 1.19 bits per heavy atom. The number of piperidine rings is 1. The van der Waals surface area contributed by atoms with E-state index in [2.05, 4.69) is 4.98 Å². The van der Waals surface area contributed by atoms with E-state index in [9.17, 15) is 9.18 Å². The summed E-state index contributed by atoms with van der Waals surface area (Å²) in [5.41, 5.74) is 2.09. The summed E-state index contributed by atoms with van der Waals surface area (Å²) in [5.74, 6) is 0.405. The summed E-state index contributed by atoms with van der Waals surface area (Å²) in [6, 6.07) is 14.0. The molecule has 2 aromatic carbocycles. The smallest absolute Gasteiger partial charge is 0.410 e. The molecular formula is C20H19FN2O3. The van der Waals surface area contributed by atoms with Crippen LogP contribution in [0.25, 0.3) is 11.1 Å². The number of carbonyl (C=O) groups is 1. The van der Waals surface area contributed by atoms with Gasteiger partial charge in [-0.25, -0.2) is 14.2 Å². The molecule has 3 aromatic rings. The molecule has 0 N–H and O–H groups in total. The first-order chi connectivity index (χ1) is 12.7. The number of rotatable bonds is 3. The maximum Gasteiger partial charge on any atom is 0.410 e. The van der Waals surface area contributed by atoms with Gasteiger partial charge in [0.05, 0.1) is 0 Å². The number of nitrogens with zero attached hydrogens (tertiary/aromatic N) is 2. The van der Waals surface area contributed by atoms with Gasteiger partial charge in [-0.1, -0.05) is 30.3 Å². The number of amides is 1. The molecule has 5 nitrogen and oxygen atoms in total. The maximum atomic E-state index is 13.3. The second-order valence-corrected chi connectivity index (χ2v) is 6.47. The number of hydrogen-bond donors (Lipinski definition) is 0. The van der Waals surface area contributed by atoms with Crippen LogP contribution in [0.15, 0.2) is 52.9 Å². The standard InChI is InChI=1S/C20H19FN2O3/c21-16-6-7-17-18(12-16)26-19(22-17)15-8-10-23(11-9-15)20(24)25-13-14-4-2-1-3-5-14/h1-7,12,15H,8-11,13H2. The number of hydrogen-bond acceptors (Lipinski definition) is 4. The van der Waals surface area contributed by atoms with E-state index in [1.54, 1.807) is 11.0 Å². The van der Waals surface area contributed by atoms with Crippen molar-refractivity contribution in [1.82, 2.24) is 9.88 Å². The van der Waals surface area contributed by atoms with Crippen molar-refractivity contribution in [3.63, 3.8) is 0 Å². The third-order valence-corrected chi connectivity index (χ3v) is 4.67. The summed E-state index contributed by atoms with van der Waals surface area (Å²) in [4.78, 5) is 18.4. The van der Waals surface area contributed by atoms with Crippen molar-refractivity contribution >= 4 is 17.2 Å². The molecule has 0 unspecified atom stereocenters. The van der Waals surface area contributed by atoms with Crippen LogP contribution in [-0.4, -0.2) is 29.1 Å². The number of likely N-dealkylation sites (tertiary alicyclic amines) is 1. The van der Waals surface area contributed by atoms with Gasteiger partial charge in [0.15, 0.2) is 11.5 Å². The Morgan fingerprint density at radius 3 is 2.73 bits per heavy atom. The monoisotopic (exact) mass is 354 g/mol. The van der Waals surface area contributed by atoms with Crippen LogP contribution >= 0.6 is 0 Å². The van der Waals surface area contributed by atoms with Crippen LogP contribution < -0.4 is 0 Å². The van der Waals surface area contributed by atoms with Crippen LogP contribution in [0.4, 0.5) is 9.18 Å². The molecule has 134 valence electrons. The predicted octanol–water partition coefficient (Wildman–Crippen LogP) is 4.48. The second-order valence-electron chi connectivity index (χ2n) is 6.47. The molecule has 1 fully saturated rings. The number of oxazole rings is 1. The highest BCUT2D eigenvalue weighted by Crippen LogP contribution is 2.30. The van der Waals surface area contributed by atoms with Crippen LogP contribution in [0.3, 0.4) is 0 Å². The van der Waals surface area contributed by atoms with Crippen molar-refractivity contribution in [3.8, 4) is 0 Å². The Kier molecular flexibility index (Phi) is 4.56. The van der Waals surface area contributed by atoms with E-state index in [0.717, 1.165) is 18.4 Å². The molecule has 0 atom stereocenters. The lowest BCUT2D eigenvalue weighted by molar-refractivity contribution is 0.0857. The summed E-state index contributed by atoms with van der Waals surface area (Å²) in [6.45, 7) is 1.45. The fourth-order valence-electron chi connectivity index (χ4n) is 3.21. The molecule has 1 aliphatic rings. The van der Waals surface area contributed by atoms with Gasteiger partial charge in [0.2, 0.25) is 0 Å². The van der Waals surface area contributed by atoms with Gasteiger partial charge in [0.1, 0.15) is 17.9 Å². The van der Waals surface area contributed by atoms with Crippen molar-refractivity contribution in [1.29, 1.82) is 0 Å². The third kappa shape index (κ3) is 3.54. The van der Waals surface area contributed by atoms with E-state index < -0.39 is 0 Å². The first-order valence-electron chi connectivity index (χ1n) is 8.70. The molecule has 0 spiro atoms. The minimum Gasteiger partial charge on any atom is -0.445 e. The van der Waals surface area contributed by atoms with Gasteiger partial charge in [-0.15, -0.1) is 0 Å². The summed E-state index contributed by atoms with van der Waals surface area (Å²) in [6.07, 6.45) is 1.19. The fourth-order valence-corrected chi connectivity index (χ4v) is 3.21. The summed E-state index contributed by atoms with van der Waals surface area (Å²) < 4.78 is 24.4. The highest BCUT2D eigenvalue weighted by Gasteiger charge is 2.27. The number of aromatic nitrogens is 1.